The number of aromatic nitrogens is 1. The summed E-state index contributed by atoms with van der Waals surface area (Å²) in [4.78, 5) is 18.4. The number of H-pyrrole nitrogens is 1. The second-order valence-corrected chi connectivity index (χ2v) is 7.00. The van der Waals surface area contributed by atoms with E-state index in [0.717, 1.165) is 44.2 Å². The van der Waals surface area contributed by atoms with E-state index in [1.54, 1.807) is 6.20 Å². The van der Waals surface area contributed by atoms with Gasteiger partial charge in [0.2, 0.25) is 0 Å². The maximum absolute atomic E-state index is 14.2. The number of aromatic amines is 1. The molecule has 2 heterocycles. The van der Waals surface area contributed by atoms with Crippen molar-refractivity contribution < 1.29 is 9.18 Å². The molecule has 1 saturated carbocycles. The third-order valence-corrected chi connectivity index (χ3v) is 5.40. The van der Waals surface area contributed by atoms with Crippen molar-refractivity contribution in [1.82, 2.24) is 9.88 Å². The van der Waals surface area contributed by atoms with Crippen LogP contribution in [0.15, 0.2) is 24.4 Å². The van der Waals surface area contributed by atoms with Crippen LogP contribution >= 0.6 is 0 Å². The average Bonchev–Trinajstić information content (AvgIpc) is 3.25. The van der Waals surface area contributed by atoms with Crippen molar-refractivity contribution in [3.05, 3.63) is 35.8 Å². The van der Waals surface area contributed by atoms with Crippen molar-refractivity contribution in [2.45, 2.75) is 25.7 Å². The van der Waals surface area contributed by atoms with Gasteiger partial charge in [-0.25, -0.2) is 4.39 Å². The monoisotopic (exact) mass is 300 g/mol. The molecule has 2 aromatic rings. The van der Waals surface area contributed by atoms with Gasteiger partial charge in [-0.1, -0.05) is 0 Å². The number of rotatable bonds is 3. The van der Waals surface area contributed by atoms with Crippen molar-refractivity contribution in [1.29, 1.82) is 0 Å². The fraction of sp³-hybridized carbons (Fsp3) is 0.500. The Labute approximate surface area is 129 Å². The van der Waals surface area contributed by atoms with E-state index in [-0.39, 0.29) is 17.0 Å². The first kappa shape index (κ1) is 13.9. The van der Waals surface area contributed by atoms with Gasteiger partial charge in [0, 0.05) is 29.1 Å². The largest absolute Gasteiger partial charge is 0.359 e. The first-order valence-corrected chi connectivity index (χ1v) is 8.10. The Morgan fingerprint density at radius 3 is 2.95 bits per heavy atom. The maximum Gasteiger partial charge on any atom is 0.170 e. The number of halogens is 1. The van der Waals surface area contributed by atoms with Crippen LogP contribution in [0.25, 0.3) is 10.9 Å². The highest BCUT2D eigenvalue weighted by atomic mass is 19.1. The van der Waals surface area contributed by atoms with Crippen molar-refractivity contribution in [3.63, 3.8) is 0 Å². The summed E-state index contributed by atoms with van der Waals surface area (Å²) in [6.07, 6.45) is 5.97. The smallest absolute Gasteiger partial charge is 0.170 e. The number of likely N-dealkylation sites (tertiary alicyclic amines) is 1. The molecule has 1 unspecified atom stereocenters. The average molecular weight is 300 g/mol. The molecule has 0 amide bonds. The lowest BCUT2D eigenvalue weighted by Crippen LogP contribution is -2.47. The molecule has 1 aromatic carbocycles. The number of fused-ring (bicyclic) bond motifs is 1. The Balaban J connectivity index is 1.77. The van der Waals surface area contributed by atoms with Gasteiger partial charge in [0.25, 0.3) is 0 Å². The zero-order chi connectivity index (χ0) is 15.3. The molecule has 1 aromatic heterocycles. The third-order valence-electron chi connectivity index (χ3n) is 5.40. The minimum absolute atomic E-state index is 0.142. The molecule has 1 atom stereocenters. The Bertz CT molecular complexity index is 734. The lowest BCUT2D eigenvalue weighted by molar-refractivity contribution is 0.0519. The standard InChI is InChI=1S/C18H21FN2O/c1-21-8-2-6-18(11-21,14-3-4-14)17(22)13-9-12-5-7-20-16(12)15(19)10-13/h5,7,9-10,14,20H,2-4,6,8,11H2,1H3. The second kappa shape index (κ2) is 4.92. The minimum atomic E-state index is -0.332. The molecule has 116 valence electrons. The number of Topliss-reactive ketones (excluding diaryl/α,β-unsaturated/α-hetero) is 1. The lowest BCUT2D eigenvalue weighted by Gasteiger charge is -2.41. The van der Waals surface area contributed by atoms with Crippen LogP contribution in [-0.2, 0) is 0 Å². The molecule has 3 nitrogen and oxygen atoms in total. The van der Waals surface area contributed by atoms with E-state index < -0.39 is 0 Å². The number of carbonyl (C=O) groups is 1. The molecule has 4 heteroatoms. The van der Waals surface area contributed by atoms with Gasteiger partial charge in [0.15, 0.2) is 5.78 Å². The van der Waals surface area contributed by atoms with E-state index >= 15 is 0 Å². The molecule has 22 heavy (non-hydrogen) atoms. The number of nitrogens with zero attached hydrogens (tertiary/aromatic N) is 1. The van der Waals surface area contributed by atoms with E-state index in [0.29, 0.717) is 17.0 Å². The molecule has 0 radical (unpaired) electrons. The van der Waals surface area contributed by atoms with Gasteiger partial charge >= 0.3 is 0 Å². The fourth-order valence-electron chi connectivity index (χ4n) is 4.19. The van der Waals surface area contributed by atoms with E-state index in [1.165, 1.54) is 6.07 Å². The minimum Gasteiger partial charge on any atom is -0.359 e. The summed E-state index contributed by atoms with van der Waals surface area (Å²) in [6, 6.07) is 5.09. The molecule has 1 saturated heterocycles. The molecular weight excluding hydrogens is 279 g/mol. The fourth-order valence-corrected chi connectivity index (χ4v) is 4.19. The molecule has 0 spiro atoms. The van der Waals surface area contributed by atoms with Crippen LogP contribution in [0.1, 0.15) is 36.0 Å². The number of carbonyl (C=O) groups excluding carboxylic acids is 1. The first-order chi connectivity index (χ1) is 10.6. The number of hydrogen-bond acceptors (Lipinski definition) is 2. The molecule has 0 bridgehead atoms. The van der Waals surface area contributed by atoms with E-state index in [2.05, 4.69) is 16.9 Å². The first-order valence-electron chi connectivity index (χ1n) is 8.10. The summed E-state index contributed by atoms with van der Waals surface area (Å²) >= 11 is 0. The molecule has 4 rings (SSSR count). The number of nitrogens with one attached hydrogen (secondary N) is 1. The van der Waals surface area contributed by atoms with Gasteiger partial charge in [0.05, 0.1) is 5.52 Å². The van der Waals surface area contributed by atoms with Gasteiger partial charge in [-0.2, -0.15) is 0 Å². The molecule has 1 aliphatic heterocycles. The summed E-state index contributed by atoms with van der Waals surface area (Å²) in [5, 5.41) is 0.776. The Kier molecular flexibility index (Phi) is 3.12. The van der Waals surface area contributed by atoms with Crippen LogP contribution in [0.5, 0.6) is 0 Å². The summed E-state index contributed by atoms with van der Waals surface area (Å²) < 4.78 is 14.2. The van der Waals surface area contributed by atoms with Crippen molar-refractivity contribution in [3.8, 4) is 0 Å². The van der Waals surface area contributed by atoms with Gasteiger partial charge in [-0.05, 0) is 63.4 Å². The highest BCUT2D eigenvalue weighted by Gasteiger charge is 2.52. The Hall–Kier alpha value is -1.68. The Morgan fingerprint density at radius 1 is 1.41 bits per heavy atom. The molecule has 2 fully saturated rings. The lowest BCUT2D eigenvalue weighted by atomic mass is 9.70. The van der Waals surface area contributed by atoms with E-state index in [1.807, 2.05) is 12.1 Å². The summed E-state index contributed by atoms with van der Waals surface area (Å²) in [5.41, 5.74) is 0.716. The van der Waals surface area contributed by atoms with Crippen molar-refractivity contribution in [2.24, 2.45) is 11.3 Å². The summed E-state index contributed by atoms with van der Waals surface area (Å²) in [7, 11) is 2.08. The Morgan fingerprint density at radius 2 is 2.23 bits per heavy atom. The normalized spacial score (nSPS) is 26.5. The molecular formula is C18H21FN2O. The molecule has 1 aliphatic carbocycles. The van der Waals surface area contributed by atoms with Crippen LogP contribution in [-0.4, -0.2) is 35.8 Å². The second-order valence-electron chi connectivity index (χ2n) is 7.00. The molecule has 2 aliphatic rings. The van der Waals surface area contributed by atoms with Gasteiger partial charge < -0.3 is 9.88 Å². The number of ketones is 1. The van der Waals surface area contributed by atoms with Gasteiger partial charge in [-0.15, -0.1) is 0 Å². The zero-order valence-corrected chi connectivity index (χ0v) is 12.9. The van der Waals surface area contributed by atoms with Crippen molar-refractivity contribution >= 4 is 16.7 Å². The van der Waals surface area contributed by atoms with Crippen LogP contribution in [0.2, 0.25) is 0 Å². The topological polar surface area (TPSA) is 36.1 Å². The molecule has 1 N–H and O–H groups in total. The summed E-state index contributed by atoms with van der Waals surface area (Å²) in [5.74, 6) is 0.289. The maximum atomic E-state index is 14.2. The summed E-state index contributed by atoms with van der Waals surface area (Å²) in [6.45, 7) is 1.86. The third kappa shape index (κ3) is 2.09. The highest BCUT2D eigenvalue weighted by Crippen LogP contribution is 2.52. The number of benzene rings is 1. The van der Waals surface area contributed by atoms with Crippen LogP contribution in [0, 0.1) is 17.2 Å². The highest BCUT2D eigenvalue weighted by molar-refractivity contribution is 6.03. The predicted octanol–water partition coefficient (Wildman–Crippen LogP) is 3.61. The van der Waals surface area contributed by atoms with E-state index in [4.69, 9.17) is 0 Å². The number of piperidine rings is 1. The van der Waals surface area contributed by atoms with Crippen molar-refractivity contribution in [2.75, 3.05) is 20.1 Å². The SMILES string of the molecule is CN1CCCC(C(=O)c2cc(F)c3[nH]ccc3c2)(C2CC2)C1. The predicted molar refractivity (Wildman–Crippen MR) is 84.5 cm³/mol. The van der Waals surface area contributed by atoms with Gasteiger partial charge in [-0.3, -0.25) is 4.79 Å². The van der Waals surface area contributed by atoms with E-state index in [9.17, 15) is 9.18 Å². The van der Waals surface area contributed by atoms with Crippen LogP contribution in [0.3, 0.4) is 0 Å². The van der Waals surface area contributed by atoms with Gasteiger partial charge in [0.1, 0.15) is 5.82 Å². The van der Waals surface area contributed by atoms with Crippen LogP contribution in [0.4, 0.5) is 4.39 Å². The number of hydrogen-bond donors (Lipinski definition) is 1. The quantitative estimate of drug-likeness (QED) is 0.879. The zero-order valence-electron chi connectivity index (χ0n) is 12.9. The van der Waals surface area contributed by atoms with Crippen LogP contribution < -0.4 is 0 Å².